The van der Waals surface area contributed by atoms with Gasteiger partial charge in [-0.05, 0) is 18.6 Å². The van der Waals surface area contributed by atoms with Crippen molar-refractivity contribution < 1.29 is 4.74 Å². The molecule has 0 amide bonds. The van der Waals surface area contributed by atoms with Crippen molar-refractivity contribution in [3.05, 3.63) is 29.7 Å². The predicted octanol–water partition coefficient (Wildman–Crippen LogP) is 1.79. The highest BCUT2D eigenvalue weighted by Crippen LogP contribution is 2.19. The molecular weight excluding hydrogens is 362 g/mol. The van der Waals surface area contributed by atoms with Gasteiger partial charge in [-0.1, -0.05) is 6.92 Å². The average Bonchev–Trinajstić information content (AvgIpc) is 3.21. The Balaban J connectivity index is 1.61. The fourth-order valence-electron chi connectivity index (χ4n) is 2.88. The molecule has 3 rings (SSSR count). The first-order valence-corrected chi connectivity index (χ1v) is 10.1. The van der Waals surface area contributed by atoms with Crippen molar-refractivity contribution in [1.29, 1.82) is 0 Å². The summed E-state index contributed by atoms with van der Waals surface area (Å²) in [5, 5.41) is 4.43. The van der Waals surface area contributed by atoms with Crippen molar-refractivity contribution in [3.8, 4) is 5.88 Å². The minimum Gasteiger partial charge on any atom is -0.481 e. The fourth-order valence-corrected chi connectivity index (χ4v) is 3.68. The molecule has 2 aromatic rings. The molecular formula is C18H27N7OS. The summed E-state index contributed by atoms with van der Waals surface area (Å²) in [5.41, 5.74) is 1.08. The minimum atomic E-state index is 0.595. The van der Waals surface area contributed by atoms with E-state index in [0.717, 1.165) is 61.6 Å². The molecule has 1 N–H and O–H groups in total. The van der Waals surface area contributed by atoms with E-state index in [0.29, 0.717) is 12.4 Å². The smallest absolute Gasteiger partial charge is 0.213 e. The third-order valence-corrected chi connectivity index (χ3v) is 5.19. The van der Waals surface area contributed by atoms with E-state index in [1.807, 2.05) is 12.1 Å². The third-order valence-electron chi connectivity index (χ3n) is 4.38. The minimum absolute atomic E-state index is 0.595. The van der Waals surface area contributed by atoms with Crippen LogP contribution < -0.4 is 15.0 Å². The number of methoxy groups -OCH3 is 1. The van der Waals surface area contributed by atoms with Crippen LogP contribution in [-0.4, -0.2) is 65.0 Å². The highest BCUT2D eigenvalue weighted by molar-refractivity contribution is 7.09. The summed E-state index contributed by atoms with van der Waals surface area (Å²) >= 11 is 1.49. The second-order valence-corrected chi connectivity index (χ2v) is 6.93. The lowest BCUT2D eigenvalue weighted by molar-refractivity contribution is 0.372. The molecule has 27 heavy (non-hydrogen) atoms. The molecule has 146 valence electrons. The predicted molar refractivity (Wildman–Crippen MR) is 109 cm³/mol. The van der Waals surface area contributed by atoms with Gasteiger partial charge in [-0.25, -0.2) is 15.0 Å². The molecule has 0 saturated carbocycles. The van der Waals surface area contributed by atoms with Gasteiger partial charge in [-0.15, -0.1) is 0 Å². The van der Waals surface area contributed by atoms with Crippen molar-refractivity contribution in [2.75, 3.05) is 44.7 Å². The number of rotatable bonds is 6. The topological polar surface area (TPSA) is 78.8 Å². The number of anilines is 1. The molecule has 3 heterocycles. The molecule has 8 nitrogen and oxygen atoms in total. The number of aryl methyl sites for hydroxylation is 1. The quantitative estimate of drug-likeness (QED) is 0.596. The maximum Gasteiger partial charge on any atom is 0.213 e. The van der Waals surface area contributed by atoms with Crippen molar-refractivity contribution in [3.63, 3.8) is 0 Å². The Hall–Kier alpha value is -2.42. The average molecular weight is 390 g/mol. The van der Waals surface area contributed by atoms with Crippen molar-refractivity contribution in [1.82, 2.24) is 24.6 Å². The van der Waals surface area contributed by atoms with Crippen LogP contribution >= 0.6 is 11.5 Å². The number of piperazine rings is 1. The standard InChI is InChI=1S/C18H27N7OS/c1-4-15-22-18(27-23-15)25-10-8-24(9-11-25)17(19-5-2)21-13-14-6-7-20-16(12-14)26-3/h6-7,12H,4-5,8-11,13H2,1-3H3,(H,19,21). The summed E-state index contributed by atoms with van der Waals surface area (Å²) in [6.45, 7) is 9.28. The lowest BCUT2D eigenvalue weighted by Crippen LogP contribution is -2.52. The molecule has 2 aromatic heterocycles. The number of aliphatic imine (C=N–C) groups is 1. The van der Waals surface area contributed by atoms with E-state index in [-0.39, 0.29) is 0 Å². The van der Waals surface area contributed by atoms with Crippen LogP contribution in [0.3, 0.4) is 0 Å². The van der Waals surface area contributed by atoms with Crippen LogP contribution in [0, 0.1) is 0 Å². The van der Waals surface area contributed by atoms with Crippen LogP contribution in [-0.2, 0) is 13.0 Å². The molecule has 0 radical (unpaired) electrons. The number of nitrogens with one attached hydrogen (secondary N) is 1. The number of aromatic nitrogens is 3. The van der Waals surface area contributed by atoms with Crippen LogP contribution in [0.15, 0.2) is 23.3 Å². The van der Waals surface area contributed by atoms with Gasteiger partial charge < -0.3 is 19.9 Å². The molecule has 0 aromatic carbocycles. The molecule has 1 fully saturated rings. The molecule has 1 saturated heterocycles. The second kappa shape index (κ2) is 9.50. The zero-order valence-corrected chi connectivity index (χ0v) is 17.0. The Labute approximate surface area is 164 Å². The molecule has 0 bridgehead atoms. The van der Waals surface area contributed by atoms with E-state index in [9.17, 15) is 0 Å². The monoisotopic (exact) mass is 389 g/mol. The number of hydrogen-bond donors (Lipinski definition) is 1. The highest BCUT2D eigenvalue weighted by Gasteiger charge is 2.22. The molecule has 1 aliphatic rings. The summed E-state index contributed by atoms with van der Waals surface area (Å²) in [6, 6.07) is 3.89. The molecule has 0 aliphatic carbocycles. The van der Waals surface area contributed by atoms with E-state index in [2.05, 4.69) is 43.3 Å². The van der Waals surface area contributed by atoms with Crippen LogP contribution in [0.2, 0.25) is 0 Å². The second-order valence-electron chi connectivity index (χ2n) is 6.20. The van der Waals surface area contributed by atoms with Crippen LogP contribution in [0.25, 0.3) is 0 Å². The lowest BCUT2D eigenvalue weighted by Gasteiger charge is -2.36. The molecule has 0 spiro atoms. The van der Waals surface area contributed by atoms with Gasteiger partial charge in [0.2, 0.25) is 11.0 Å². The summed E-state index contributed by atoms with van der Waals surface area (Å²) < 4.78 is 9.58. The Kier molecular flexibility index (Phi) is 6.80. The van der Waals surface area contributed by atoms with E-state index in [1.54, 1.807) is 13.3 Å². The van der Waals surface area contributed by atoms with Crippen molar-refractivity contribution in [2.24, 2.45) is 4.99 Å². The maximum atomic E-state index is 5.19. The van der Waals surface area contributed by atoms with Crippen LogP contribution in [0.5, 0.6) is 5.88 Å². The Morgan fingerprint density at radius 2 is 2.11 bits per heavy atom. The fraction of sp³-hybridized carbons (Fsp3) is 0.556. The van der Waals surface area contributed by atoms with Crippen LogP contribution in [0.1, 0.15) is 25.2 Å². The lowest BCUT2D eigenvalue weighted by atomic mass is 10.3. The van der Waals surface area contributed by atoms with Gasteiger partial charge in [0, 0.05) is 62.9 Å². The van der Waals surface area contributed by atoms with Gasteiger partial charge in [-0.2, -0.15) is 4.37 Å². The van der Waals surface area contributed by atoms with Crippen molar-refractivity contribution >= 4 is 22.6 Å². The van der Waals surface area contributed by atoms with Gasteiger partial charge >= 0.3 is 0 Å². The number of nitrogens with zero attached hydrogens (tertiary/aromatic N) is 6. The van der Waals surface area contributed by atoms with E-state index in [4.69, 9.17) is 9.73 Å². The summed E-state index contributed by atoms with van der Waals surface area (Å²) in [7, 11) is 1.63. The van der Waals surface area contributed by atoms with E-state index < -0.39 is 0 Å². The van der Waals surface area contributed by atoms with Crippen LogP contribution in [0.4, 0.5) is 5.13 Å². The normalized spacial score (nSPS) is 15.1. The van der Waals surface area contributed by atoms with Gasteiger partial charge in [0.05, 0.1) is 13.7 Å². The molecule has 9 heteroatoms. The third kappa shape index (κ3) is 5.06. The summed E-state index contributed by atoms with van der Waals surface area (Å²) in [5.74, 6) is 2.49. The first-order valence-electron chi connectivity index (χ1n) is 9.33. The Morgan fingerprint density at radius 3 is 2.78 bits per heavy atom. The molecule has 0 unspecified atom stereocenters. The summed E-state index contributed by atoms with van der Waals surface area (Å²) in [4.78, 5) is 18.2. The zero-order chi connectivity index (χ0) is 19.1. The number of guanidine groups is 1. The van der Waals surface area contributed by atoms with Gasteiger partial charge in [0.15, 0.2) is 5.96 Å². The van der Waals surface area contributed by atoms with Gasteiger partial charge in [0.25, 0.3) is 0 Å². The zero-order valence-electron chi connectivity index (χ0n) is 16.2. The first-order chi connectivity index (χ1) is 13.2. The molecule has 1 aliphatic heterocycles. The van der Waals surface area contributed by atoms with Gasteiger partial charge in [0.1, 0.15) is 5.82 Å². The SMILES string of the molecule is CCNC(=NCc1ccnc(OC)c1)N1CCN(c2nc(CC)ns2)CC1. The Morgan fingerprint density at radius 1 is 1.30 bits per heavy atom. The van der Waals surface area contributed by atoms with E-state index >= 15 is 0 Å². The molecule has 0 atom stereocenters. The highest BCUT2D eigenvalue weighted by atomic mass is 32.1. The largest absolute Gasteiger partial charge is 0.481 e. The number of hydrogen-bond acceptors (Lipinski definition) is 7. The van der Waals surface area contributed by atoms with Gasteiger partial charge in [-0.3, -0.25) is 0 Å². The van der Waals surface area contributed by atoms with E-state index in [1.165, 1.54) is 11.5 Å². The summed E-state index contributed by atoms with van der Waals surface area (Å²) in [6.07, 6.45) is 2.63. The van der Waals surface area contributed by atoms with Crippen molar-refractivity contribution in [2.45, 2.75) is 26.8 Å². The number of pyridine rings is 1. The first kappa shape index (κ1) is 19.3. The maximum absolute atomic E-state index is 5.19. The Bertz CT molecular complexity index is 756. The number of ether oxygens (including phenoxy) is 1.